The average molecular weight is 262 g/mol. The molecule has 0 fully saturated rings. The molecule has 100 valence electrons. The van der Waals surface area contributed by atoms with Crippen molar-refractivity contribution in [1.82, 2.24) is 9.88 Å². The lowest BCUT2D eigenvalue weighted by Crippen LogP contribution is -2.18. The zero-order valence-electron chi connectivity index (χ0n) is 11.7. The molecule has 0 atom stereocenters. The van der Waals surface area contributed by atoms with Crippen molar-refractivity contribution in [3.63, 3.8) is 0 Å². The number of aromatic nitrogens is 1. The van der Waals surface area contributed by atoms with E-state index >= 15 is 0 Å². The van der Waals surface area contributed by atoms with Crippen molar-refractivity contribution in [3.05, 3.63) is 78.1 Å². The first-order valence-electron chi connectivity index (χ1n) is 6.88. The molecule has 3 aromatic rings. The van der Waals surface area contributed by atoms with Gasteiger partial charge in [0.2, 0.25) is 0 Å². The van der Waals surface area contributed by atoms with E-state index < -0.39 is 0 Å². The predicted octanol–water partition coefficient (Wildman–Crippen LogP) is 3.87. The van der Waals surface area contributed by atoms with Gasteiger partial charge in [-0.2, -0.15) is 0 Å². The van der Waals surface area contributed by atoms with E-state index in [2.05, 4.69) is 65.5 Å². The smallest absolute Gasteiger partial charge is 0.0543 e. The Morgan fingerprint density at radius 3 is 2.50 bits per heavy atom. The maximum Gasteiger partial charge on any atom is 0.0543 e. The first-order chi connectivity index (χ1) is 9.83. The van der Waals surface area contributed by atoms with Crippen molar-refractivity contribution in [1.29, 1.82) is 0 Å². The van der Waals surface area contributed by atoms with Crippen LogP contribution < -0.4 is 0 Å². The summed E-state index contributed by atoms with van der Waals surface area (Å²) < 4.78 is 0. The number of rotatable bonds is 4. The van der Waals surface area contributed by atoms with Gasteiger partial charge in [-0.25, -0.2) is 0 Å². The van der Waals surface area contributed by atoms with Crippen LogP contribution in [0.4, 0.5) is 0 Å². The maximum absolute atomic E-state index is 4.38. The molecule has 1 aromatic heterocycles. The van der Waals surface area contributed by atoms with Crippen molar-refractivity contribution in [2.24, 2.45) is 0 Å². The highest BCUT2D eigenvalue weighted by atomic mass is 15.1. The van der Waals surface area contributed by atoms with Crippen LogP contribution in [0.3, 0.4) is 0 Å². The summed E-state index contributed by atoms with van der Waals surface area (Å²) in [5, 5.41) is 2.64. The third-order valence-corrected chi connectivity index (χ3v) is 3.48. The van der Waals surface area contributed by atoms with E-state index in [1.54, 1.807) is 0 Å². The number of nitrogens with zero attached hydrogens (tertiary/aromatic N) is 2. The van der Waals surface area contributed by atoms with E-state index in [1.165, 1.54) is 16.3 Å². The van der Waals surface area contributed by atoms with Crippen molar-refractivity contribution in [2.45, 2.75) is 13.1 Å². The molecule has 2 aromatic carbocycles. The van der Waals surface area contributed by atoms with Gasteiger partial charge in [-0.1, -0.05) is 48.5 Å². The van der Waals surface area contributed by atoms with Gasteiger partial charge in [0.25, 0.3) is 0 Å². The van der Waals surface area contributed by atoms with E-state index in [-0.39, 0.29) is 0 Å². The second kappa shape index (κ2) is 5.85. The molecule has 0 spiro atoms. The van der Waals surface area contributed by atoms with Gasteiger partial charge in [-0.05, 0) is 35.5 Å². The molecular formula is C18H18N2. The van der Waals surface area contributed by atoms with Crippen LogP contribution in [0.25, 0.3) is 10.8 Å². The van der Waals surface area contributed by atoms with Gasteiger partial charge in [-0.3, -0.25) is 9.88 Å². The minimum absolute atomic E-state index is 0.865. The van der Waals surface area contributed by atoms with E-state index in [0.29, 0.717) is 0 Å². The highest BCUT2D eigenvalue weighted by Crippen LogP contribution is 2.20. The summed E-state index contributed by atoms with van der Waals surface area (Å²) in [4.78, 5) is 6.68. The first-order valence-corrected chi connectivity index (χ1v) is 6.88. The maximum atomic E-state index is 4.38. The van der Waals surface area contributed by atoms with Gasteiger partial charge < -0.3 is 0 Å². The van der Waals surface area contributed by atoms with Gasteiger partial charge >= 0.3 is 0 Å². The SMILES string of the molecule is CN(Cc1ccccn1)Cc1cccc2ccccc12. The van der Waals surface area contributed by atoms with Crippen molar-refractivity contribution in [3.8, 4) is 0 Å². The average Bonchev–Trinajstić information content (AvgIpc) is 2.48. The Hall–Kier alpha value is -2.19. The highest BCUT2D eigenvalue weighted by molar-refractivity contribution is 5.85. The molecule has 0 saturated heterocycles. The number of fused-ring (bicyclic) bond motifs is 1. The largest absolute Gasteiger partial charge is 0.296 e. The summed E-state index contributed by atoms with van der Waals surface area (Å²) in [5.41, 5.74) is 2.47. The third kappa shape index (κ3) is 2.86. The van der Waals surface area contributed by atoms with Crippen LogP contribution in [0.15, 0.2) is 66.9 Å². The summed E-state index contributed by atoms with van der Waals surface area (Å²) in [7, 11) is 2.14. The Kier molecular flexibility index (Phi) is 3.75. The molecule has 0 unspecified atom stereocenters. The molecule has 2 heteroatoms. The summed E-state index contributed by atoms with van der Waals surface area (Å²) in [6, 6.07) is 21.1. The van der Waals surface area contributed by atoms with Crippen molar-refractivity contribution >= 4 is 10.8 Å². The number of pyridine rings is 1. The van der Waals surface area contributed by atoms with Gasteiger partial charge in [0.15, 0.2) is 0 Å². The van der Waals surface area contributed by atoms with Crippen LogP contribution in [0.5, 0.6) is 0 Å². The highest BCUT2D eigenvalue weighted by Gasteiger charge is 2.05. The Morgan fingerprint density at radius 2 is 1.65 bits per heavy atom. The molecular weight excluding hydrogens is 244 g/mol. The lowest BCUT2D eigenvalue weighted by Gasteiger charge is -2.17. The van der Waals surface area contributed by atoms with Gasteiger partial charge in [0.1, 0.15) is 0 Å². The van der Waals surface area contributed by atoms with Crippen LogP contribution in [-0.4, -0.2) is 16.9 Å². The van der Waals surface area contributed by atoms with Crippen molar-refractivity contribution in [2.75, 3.05) is 7.05 Å². The van der Waals surface area contributed by atoms with E-state index in [4.69, 9.17) is 0 Å². The molecule has 0 aliphatic rings. The fraction of sp³-hybridized carbons (Fsp3) is 0.167. The van der Waals surface area contributed by atoms with Gasteiger partial charge in [0.05, 0.1) is 5.69 Å². The summed E-state index contributed by atoms with van der Waals surface area (Å²) in [6.07, 6.45) is 1.85. The van der Waals surface area contributed by atoms with Crippen LogP contribution in [0.1, 0.15) is 11.3 Å². The molecule has 0 aliphatic carbocycles. The molecule has 0 saturated carbocycles. The molecule has 1 heterocycles. The summed E-state index contributed by atoms with van der Waals surface area (Å²) >= 11 is 0. The lowest BCUT2D eigenvalue weighted by atomic mass is 10.0. The molecule has 2 nitrogen and oxygen atoms in total. The minimum Gasteiger partial charge on any atom is -0.296 e. The monoisotopic (exact) mass is 262 g/mol. The van der Waals surface area contributed by atoms with Crippen LogP contribution in [0.2, 0.25) is 0 Å². The number of hydrogen-bond donors (Lipinski definition) is 0. The quantitative estimate of drug-likeness (QED) is 0.709. The molecule has 0 N–H and O–H groups in total. The second-order valence-corrected chi connectivity index (χ2v) is 5.13. The van der Waals surface area contributed by atoms with Crippen LogP contribution in [0, 0.1) is 0 Å². The third-order valence-electron chi connectivity index (χ3n) is 3.48. The number of benzene rings is 2. The Balaban J connectivity index is 1.79. The Bertz CT molecular complexity index is 687. The molecule has 0 amide bonds. The zero-order chi connectivity index (χ0) is 13.8. The molecule has 0 bridgehead atoms. The van der Waals surface area contributed by atoms with E-state index in [0.717, 1.165) is 18.8 Å². The normalized spacial score (nSPS) is 11.1. The van der Waals surface area contributed by atoms with Gasteiger partial charge in [0, 0.05) is 19.3 Å². The second-order valence-electron chi connectivity index (χ2n) is 5.13. The van der Waals surface area contributed by atoms with Crippen molar-refractivity contribution < 1.29 is 0 Å². The van der Waals surface area contributed by atoms with E-state index in [1.807, 2.05) is 18.3 Å². The van der Waals surface area contributed by atoms with Gasteiger partial charge in [-0.15, -0.1) is 0 Å². The van der Waals surface area contributed by atoms with E-state index in [9.17, 15) is 0 Å². The lowest BCUT2D eigenvalue weighted by molar-refractivity contribution is 0.316. The minimum atomic E-state index is 0.865. The predicted molar refractivity (Wildman–Crippen MR) is 83.4 cm³/mol. The Morgan fingerprint density at radius 1 is 0.850 bits per heavy atom. The molecule has 3 rings (SSSR count). The van der Waals surface area contributed by atoms with Crippen LogP contribution in [-0.2, 0) is 13.1 Å². The standard InChI is InChI=1S/C18H18N2/c1-20(14-17-10-4-5-12-19-17)13-16-9-6-8-15-7-2-3-11-18(15)16/h2-12H,13-14H2,1H3. The Labute approximate surface area is 119 Å². The molecule has 0 radical (unpaired) electrons. The topological polar surface area (TPSA) is 16.1 Å². The van der Waals surface area contributed by atoms with Crippen LogP contribution >= 0.6 is 0 Å². The first kappa shape index (κ1) is 12.8. The fourth-order valence-electron chi connectivity index (χ4n) is 2.55. The number of hydrogen-bond acceptors (Lipinski definition) is 2. The molecule has 0 aliphatic heterocycles. The summed E-state index contributed by atoms with van der Waals surface area (Å²) in [6.45, 7) is 1.79. The summed E-state index contributed by atoms with van der Waals surface area (Å²) in [5.74, 6) is 0. The molecule has 20 heavy (non-hydrogen) atoms. The fourth-order valence-corrected chi connectivity index (χ4v) is 2.55. The zero-order valence-corrected chi connectivity index (χ0v) is 11.7.